The average molecular weight is 316 g/mol. The van der Waals surface area contributed by atoms with E-state index in [1.165, 1.54) is 0 Å². The van der Waals surface area contributed by atoms with E-state index in [4.69, 9.17) is 8.94 Å². The Kier molecular flexibility index (Phi) is 4.15. The summed E-state index contributed by atoms with van der Waals surface area (Å²) in [5, 5.41) is 13.3. The maximum absolute atomic E-state index is 5.36. The first-order valence-corrected chi connectivity index (χ1v) is 7.81. The highest BCUT2D eigenvalue weighted by Gasteiger charge is 2.17. The predicted octanol–water partition coefficient (Wildman–Crippen LogP) is 3.62. The van der Waals surface area contributed by atoms with E-state index >= 15 is 0 Å². The largest absolute Gasteiger partial charge is 0.469 e. The number of hydrogen-bond donors (Lipinski definition) is 0. The van der Waals surface area contributed by atoms with Crippen molar-refractivity contribution in [3.63, 3.8) is 0 Å². The van der Waals surface area contributed by atoms with Crippen LogP contribution >= 0.6 is 11.8 Å². The van der Waals surface area contributed by atoms with Crippen LogP contribution in [0.4, 0.5) is 0 Å². The number of furan rings is 1. The lowest BCUT2D eigenvalue weighted by atomic mass is 10.2. The van der Waals surface area contributed by atoms with Crippen LogP contribution in [-0.2, 0) is 12.3 Å². The molecule has 0 aliphatic carbocycles. The van der Waals surface area contributed by atoms with E-state index in [-0.39, 0.29) is 0 Å². The number of aryl methyl sites for hydroxylation is 2. The third kappa shape index (κ3) is 2.85. The molecule has 0 saturated heterocycles. The first kappa shape index (κ1) is 14.6. The van der Waals surface area contributed by atoms with Gasteiger partial charge in [0.1, 0.15) is 11.5 Å². The van der Waals surface area contributed by atoms with Crippen molar-refractivity contribution in [1.29, 1.82) is 0 Å². The molecule has 0 aliphatic heterocycles. The van der Waals surface area contributed by atoms with Gasteiger partial charge < -0.3 is 8.94 Å². The van der Waals surface area contributed by atoms with Crippen molar-refractivity contribution in [2.45, 2.75) is 31.3 Å². The molecule has 0 N–H and O–H groups in total. The molecule has 0 fully saturated rings. The minimum atomic E-state index is 0.630. The second-order valence-electron chi connectivity index (χ2n) is 4.82. The van der Waals surface area contributed by atoms with Crippen molar-refractivity contribution in [3.8, 4) is 11.4 Å². The van der Waals surface area contributed by atoms with Gasteiger partial charge in [-0.25, -0.2) is 0 Å². The summed E-state index contributed by atoms with van der Waals surface area (Å²) in [6, 6.07) is 3.82. The van der Waals surface area contributed by atoms with Gasteiger partial charge in [-0.3, -0.25) is 4.57 Å². The third-order valence-electron chi connectivity index (χ3n) is 3.15. The smallest absolute Gasteiger partial charge is 0.192 e. The molecule has 0 atom stereocenters. The number of thioether (sulfide) groups is 1. The van der Waals surface area contributed by atoms with Crippen molar-refractivity contribution in [2.24, 2.45) is 0 Å². The summed E-state index contributed by atoms with van der Waals surface area (Å²) in [6.45, 7) is 8.24. The lowest BCUT2D eigenvalue weighted by Gasteiger charge is -2.06. The highest BCUT2D eigenvalue weighted by atomic mass is 32.2. The molecule has 0 spiro atoms. The van der Waals surface area contributed by atoms with Crippen LogP contribution in [0, 0.1) is 13.8 Å². The summed E-state index contributed by atoms with van der Waals surface area (Å²) in [5.41, 5.74) is 1.81. The highest BCUT2D eigenvalue weighted by molar-refractivity contribution is 7.98. The van der Waals surface area contributed by atoms with Crippen molar-refractivity contribution in [3.05, 3.63) is 48.3 Å². The number of allylic oxidation sites excluding steroid dienone is 1. The number of nitrogens with zero attached hydrogens (tertiary/aromatic N) is 4. The third-order valence-corrected chi connectivity index (χ3v) is 4.14. The van der Waals surface area contributed by atoms with E-state index in [0.717, 1.165) is 33.8 Å². The highest BCUT2D eigenvalue weighted by Crippen LogP contribution is 2.28. The van der Waals surface area contributed by atoms with E-state index in [1.807, 2.05) is 36.6 Å². The lowest BCUT2D eigenvalue weighted by molar-refractivity contribution is 0.391. The summed E-state index contributed by atoms with van der Waals surface area (Å²) >= 11 is 1.55. The Bertz CT molecular complexity index is 787. The Labute approximate surface area is 132 Å². The molecule has 0 radical (unpaired) electrons. The molecule has 0 bridgehead atoms. The molecular formula is C15H16N4O2S. The maximum Gasteiger partial charge on any atom is 0.192 e. The standard InChI is InChI=1S/C15H16N4O2S/c1-4-6-19-14(13-5-7-20-11(13)3)16-17-15(19)22-9-12-8-10(2)18-21-12/h4-5,7-8H,1,6,9H2,2-3H3. The Balaban J connectivity index is 1.86. The molecule has 114 valence electrons. The molecule has 22 heavy (non-hydrogen) atoms. The zero-order valence-corrected chi connectivity index (χ0v) is 13.3. The van der Waals surface area contributed by atoms with Crippen LogP contribution in [0.15, 0.2) is 45.1 Å². The summed E-state index contributed by atoms with van der Waals surface area (Å²) in [6.07, 6.45) is 3.48. The molecule has 0 aliphatic rings. The summed E-state index contributed by atoms with van der Waals surface area (Å²) < 4.78 is 12.6. The van der Waals surface area contributed by atoms with Gasteiger partial charge >= 0.3 is 0 Å². The second-order valence-corrected chi connectivity index (χ2v) is 5.76. The van der Waals surface area contributed by atoms with E-state index in [1.54, 1.807) is 18.0 Å². The molecule has 3 aromatic rings. The zero-order valence-electron chi connectivity index (χ0n) is 12.4. The number of hydrogen-bond acceptors (Lipinski definition) is 6. The van der Waals surface area contributed by atoms with Gasteiger partial charge in [0.25, 0.3) is 0 Å². The van der Waals surface area contributed by atoms with E-state index in [2.05, 4.69) is 21.9 Å². The molecular weight excluding hydrogens is 300 g/mol. The van der Waals surface area contributed by atoms with Crippen LogP contribution < -0.4 is 0 Å². The summed E-state index contributed by atoms with van der Waals surface area (Å²) in [4.78, 5) is 0. The van der Waals surface area contributed by atoms with Crippen molar-refractivity contribution >= 4 is 11.8 Å². The maximum atomic E-state index is 5.36. The minimum absolute atomic E-state index is 0.630. The summed E-state index contributed by atoms with van der Waals surface area (Å²) in [7, 11) is 0. The number of rotatable bonds is 6. The Morgan fingerprint density at radius 2 is 2.23 bits per heavy atom. The van der Waals surface area contributed by atoms with Crippen LogP contribution in [0.5, 0.6) is 0 Å². The van der Waals surface area contributed by atoms with Gasteiger partial charge in [0.05, 0.1) is 23.3 Å². The fourth-order valence-electron chi connectivity index (χ4n) is 2.13. The molecule has 3 aromatic heterocycles. The van der Waals surface area contributed by atoms with Crippen LogP contribution in [0.2, 0.25) is 0 Å². The fraction of sp³-hybridized carbons (Fsp3) is 0.267. The fourth-order valence-corrected chi connectivity index (χ4v) is 2.95. The molecule has 0 aromatic carbocycles. The van der Waals surface area contributed by atoms with E-state index < -0.39 is 0 Å². The Morgan fingerprint density at radius 1 is 1.36 bits per heavy atom. The van der Waals surface area contributed by atoms with Gasteiger partial charge in [0.2, 0.25) is 0 Å². The van der Waals surface area contributed by atoms with Crippen LogP contribution in [0.1, 0.15) is 17.2 Å². The molecule has 0 unspecified atom stereocenters. The van der Waals surface area contributed by atoms with E-state index in [0.29, 0.717) is 12.3 Å². The quantitative estimate of drug-likeness (QED) is 0.511. The first-order chi connectivity index (χ1) is 10.7. The average Bonchev–Trinajstić information content (AvgIpc) is 3.18. The summed E-state index contributed by atoms with van der Waals surface area (Å²) in [5.74, 6) is 3.07. The van der Waals surface area contributed by atoms with Gasteiger partial charge in [-0.05, 0) is 19.9 Å². The number of aromatic nitrogens is 4. The Hall–Kier alpha value is -2.28. The SMILES string of the molecule is C=CCn1c(SCc2cc(C)no2)nnc1-c1ccoc1C. The predicted molar refractivity (Wildman–Crippen MR) is 83.5 cm³/mol. The molecule has 3 rings (SSSR count). The van der Waals surface area contributed by atoms with Gasteiger partial charge in [-0.2, -0.15) is 0 Å². The lowest BCUT2D eigenvalue weighted by Crippen LogP contribution is -2.00. The zero-order chi connectivity index (χ0) is 15.5. The van der Waals surface area contributed by atoms with Gasteiger partial charge in [0, 0.05) is 12.6 Å². The van der Waals surface area contributed by atoms with Gasteiger partial charge in [0.15, 0.2) is 11.0 Å². The van der Waals surface area contributed by atoms with Gasteiger partial charge in [-0.1, -0.05) is 23.0 Å². The van der Waals surface area contributed by atoms with Gasteiger partial charge in [-0.15, -0.1) is 16.8 Å². The Morgan fingerprint density at radius 3 is 2.86 bits per heavy atom. The molecule has 6 nitrogen and oxygen atoms in total. The minimum Gasteiger partial charge on any atom is -0.469 e. The second kappa shape index (κ2) is 6.23. The van der Waals surface area contributed by atoms with Crippen LogP contribution in [0.3, 0.4) is 0 Å². The topological polar surface area (TPSA) is 69.9 Å². The van der Waals surface area contributed by atoms with Crippen molar-refractivity contribution in [1.82, 2.24) is 19.9 Å². The molecule has 7 heteroatoms. The molecule has 0 saturated carbocycles. The van der Waals surface area contributed by atoms with Crippen LogP contribution in [-0.4, -0.2) is 19.9 Å². The molecule has 3 heterocycles. The van der Waals surface area contributed by atoms with Crippen molar-refractivity contribution < 1.29 is 8.94 Å². The van der Waals surface area contributed by atoms with Crippen molar-refractivity contribution in [2.75, 3.05) is 0 Å². The molecule has 0 amide bonds. The monoisotopic (exact) mass is 316 g/mol. The first-order valence-electron chi connectivity index (χ1n) is 6.82. The van der Waals surface area contributed by atoms with E-state index in [9.17, 15) is 0 Å². The normalized spacial score (nSPS) is 11.0. The van der Waals surface area contributed by atoms with Crippen LogP contribution in [0.25, 0.3) is 11.4 Å².